The third-order valence-corrected chi connectivity index (χ3v) is 5.32. The quantitative estimate of drug-likeness (QED) is 0.803. The van der Waals surface area contributed by atoms with Crippen LogP contribution < -0.4 is 4.74 Å². The molecule has 0 N–H and O–H groups in total. The van der Waals surface area contributed by atoms with Gasteiger partial charge in [-0.1, -0.05) is 25.1 Å². The molecule has 0 bridgehead atoms. The number of ether oxygens (including phenoxy) is 1. The van der Waals surface area contributed by atoms with Gasteiger partial charge in [0.25, 0.3) is 5.91 Å². The van der Waals surface area contributed by atoms with Crippen LogP contribution in [0.25, 0.3) is 0 Å². The Morgan fingerprint density at radius 2 is 2.00 bits per heavy atom. The number of nitrogens with zero attached hydrogens (tertiary/aromatic N) is 2. The Balaban J connectivity index is 1.55. The molecule has 24 heavy (non-hydrogen) atoms. The van der Waals surface area contributed by atoms with Crippen molar-refractivity contribution in [3.63, 3.8) is 0 Å². The van der Waals surface area contributed by atoms with Crippen molar-refractivity contribution in [1.82, 2.24) is 9.80 Å². The number of rotatable bonds is 6. The van der Waals surface area contributed by atoms with E-state index in [-0.39, 0.29) is 12.0 Å². The molecule has 1 aromatic carbocycles. The van der Waals surface area contributed by atoms with Gasteiger partial charge in [-0.2, -0.15) is 0 Å². The van der Waals surface area contributed by atoms with Crippen molar-refractivity contribution in [3.8, 4) is 5.75 Å². The minimum Gasteiger partial charge on any atom is -0.480 e. The van der Waals surface area contributed by atoms with E-state index in [1.54, 1.807) is 0 Å². The fourth-order valence-corrected chi connectivity index (χ4v) is 3.87. The van der Waals surface area contributed by atoms with Crippen molar-refractivity contribution in [3.05, 3.63) is 29.8 Å². The maximum absolute atomic E-state index is 12.9. The molecule has 0 spiro atoms. The predicted octanol–water partition coefficient (Wildman–Crippen LogP) is 3.10. The summed E-state index contributed by atoms with van der Waals surface area (Å²) in [7, 11) is 0. The van der Waals surface area contributed by atoms with Crippen molar-refractivity contribution >= 4 is 5.91 Å². The lowest BCUT2D eigenvalue weighted by atomic mass is 10.1. The number of hydrogen-bond donors (Lipinski definition) is 0. The Hall–Kier alpha value is -1.55. The van der Waals surface area contributed by atoms with Crippen molar-refractivity contribution in [1.29, 1.82) is 0 Å². The molecule has 0 aromatic heterocycles. The highest BCUT2D eigenvalue weighted by Crippen LogP contribution is 2.23. The van der Waals surface area contributed by atoms with Crippen LogP contribution >= 0.6 is 0 Å². The van der Waals surface area contributed by atoms with Gasteiger partial charge in [0.2, 0.25) is 0 Å². The standard InChI is InChI=1S/C20H30N2O2/c1-3-18(24-19-9-5-4-8-16(19)2)20(23)22-13-10-17(15-22)14-21-11-6-7-12-21/h4-5,8-9,17-18H,3,6-7,10-15H2,1-2H3. The van der Waals surface area contributed by atoms with Crippen LogP contribution in [-0.2, 0) is 4.79 Å². The number of benzene rings is 1. The van der Waals surface area contributed by atoms with Gasteiger partial charge >= 0.3 is 0 Å². The zero-order chi connectivity index (χ0) is 16.9. The molecule has 2 atom stereocenters. The summed E-state index contributed by atoms with van der Waals surface area (Å²) < 4.78 is 6.04. The average molecular weight is 330 g/mol. The summed E-state index contributed by atoms with van der Waals surface area (Å²) in [5.74, 6) is 1.61. The molecule has 2 saturated heterocycles. The third-order valence-electron chi connectivity index (χ3n) is 5.32. The van der Waals surface area contributed by atoms with Crippen LogP contribution in [0.5, 0.6) is 5.75 Å². The number of hydrogen-bond acceptors (Lipinski definition) is 3. The van der Waals surface area contributed by atoms with E-state index in [1.165, 1.54) is 25.9 Å². The Morgan fingerprint density at radius 1 is 1.25 bits per heavy atom. The summed E-state index contributed by atoms with van der Waals surface area (Å²) in [5, 5.41) is 0. The Kier molecular flexibility index (Phi) is 5.77. The summed E-state index contributed by atoms with van der Waals surface area (Å²) in [6.07, 6.45) is 4.13. The predicted molar refractivity (Wildman–Crippen MR) is 96.2 cm³/mol. The Labute approximate surface area is 145 Å². The average Bonchev–Trinajstić information content (AvgIpc) is 3.26. The van der Waals surface area contributed by atoms with E-state index in [0.29, 0.717) is 12.3 Å². The zero-order valence-corrected chi connectivity index (χ0v) is 15.0. The van der Waals surface area contributed by atoms with Crippen LogP contribution in [0.15, 0.2) is 24.3 Å². The number of carbonyl (C=O) groups is 1. The molecule has 2 aliphatic heterocycles. The van der Waals surface area contributed by atoms with Gasteiger partial charge in [0, 0.05) is 19.6 Å². The minimum atomic E-state index is -0.364. The van der Waals surface area contributed by atoms with E-state index >= 15 is 0 Å². The van der Waals surface area contributed by atoms with E-state index in [0.717, 1.165) is 37.4 Å². The number of para-hydroxylation sites is 1. The number of likely N-dealkylation sites (tertiary alicyclic amines) is 2. The van der Waals surface area contributed by atoms with Crippen LogP contribution in [0.2, 0.25) is 0 Å². The molecule has 0 radical (unpaired) electrons. The monoisotopic (exact) mass is 330 g/mol. The fourth-order valence-electron chi connectivity index (χ4n) is 3.87. The molecular formula is C20H30N2O2. The Morgan fingerprint density at radius 3 is 2.71 bits per heavy atom. The van der Waals surface area contributed by atoms with E-state index < -0.39 is 0 Å². The molecule has 1 aromatic rings. The first-order valence-corrected chi connectivity index (χ1v) is 9.40. The molecular weight excluding hydrogens is 300 g/mol. The highest BCUT2D eigenvalue weighted by atomic mass is 16.5. The lowest BCUT2D eigenvalue weighted by molar-refractivity contribution is -0.137. The lowest BCUT2D eigenvalue weighted by Gasteiger charge is -2.25. The zero-order valence-electron chi connectivity index (χ0n) is 15.0. The third kappa shape index (κ3) is 4.10. The first kappa shape index (κ1) is 17.3. The van der Waals surface area contributed by atoms with Crippen LogP contribution in [0, 0.1) is 12.8 Å². The van der Waals surface area contributed by atoms with Gasteiger partial charge in [-0.15, -0.1) is 0 Å². The highest BCUT2D eigenvalue weighted by molar-refractivity contribution is 5.81. The van der Waals surface area contributed by atoms with E-state index in [9.17, 15) is 4.79 Å². The van der Waals surface area contributed by atoms with E-state index in [4.69, 9.17) is 4.74 Å². The number of amides is 1. The maximum Gasteiger partial charge on any atom is 0.263 e. The summed E-state index contributed by atoms with van der Waals surface area (Å²) >= 11 is 0. The number of aryl methyl sites for hydroxylation is 1. The van der Waals surface area contributed by atoms with Crippen LogP contribution in [-0.4, -0.2) is 54.5 Å². The molecule has 4 nitrogen and oxygen atoms in total. The summed E-state index contributed by atoms with van der Waals surface area (Å²) in [6, 6.07) is 7.93. The SMILES string of the molecule is CCC(Oc1ccccc1C)C(=O)N1CCC(CN2CCCC2)C1. The van der Waals surface area contributed by atoms with Gasteiger partial charge in [-0.25, -0.2) is 0 Å². The van der Waals surface area contributed by atoms with Crippen molar-refractivity contribution in [2.45, 2.75) is 45.6 Å². The molecule has 2 aliphatic rings. The second kappa shape index (κ2) is 8.02. The van der Waals surface area contributed by atoms with Crippen molar-refractivity contribution < 1.29 is 9.53 Å². The summed E-state index contributed by atoms with van der Waals surface area (Å²) in [6.45, 7) is 9.44. The summed E-state index contributed by atoms with van der Waals surface area (Å²) in [5.41, 5.74) is 1.08. The fraction of sp³-hybridized carbons (Fsp3) is 0.650. The van der Waals surface area contributed by atoms with Crippen LogP contribution in [0.3, 0.4) is 0 Å². The molecule has 4 heteroatoms. The van der Waals surface area contributed by atoms with Crippen LogP contribution in [0.1, 0.15) is 38.2 Å². The normalized spacial score (nSPS) is 22.8. The van der Waals surface area contributed by atoms with Crippen LogP contribution in [0.4, 0.5) is 0 Å². The molecule has 0 aliphatic carbocycles. The van der Waals surface area contributed by atoms with Gasteiger partial charge < -0.3 is 14.5 Å². The van der Waals surface area contributed by atoms with Gasteiger partial charge in [-0.3, -0.25) is 4.79 Å². The summed E-state index contributed by atoms with van der Waals surface area (Å²) in [4.78, 5) is 17.4. The van der Waals surface area contributed by atoms with Gasteiger partial charge in [0.05, 0.1) is 0 Å². The van der Waals surface area contributed by atoms with Gasteiger partial charge in [0.15, 0.2) is 6.10 Å². The lowest BCUT2D eigenvalue weighted by Crippen LogP contribution is -2.41. The van der Waals surface area contributed by atoms with Crippen molar-refractivity contribution in [2.24, 2.45) is 5.92 Å². The Bertz CT molecular complexity index is 554. The molecule has 0 saturated carbocycles. The van der Waals surface area contributed by atoms with Gasteiger partial charge in [-0.05, 0) is 63.2 Å². The second-order valence-corrected chi connectivity index (χ2v) is 7.23. The van der Waals surface area contributed by atoms with Gasteiger partial charge in [0.1, 0.15) is 5.75 Å². The first-order valence-electron chi connectivity index (χ1n) is 9.40. The second-order valence-electron chi connectivity index (χ2n) is 7.23. The maximum atomic E-state index is 12.9. The largest absolute Gasteiger partial charge is 0.480 e. The highest BCUT2D eigenvalue weighted by Gasteiger charge is 2.32. The minimum absolute atomic E-state index is 0.157. The molecule has 1 amide bonds. The molecule has 132 valence electrons. The first-order chi connectivity index (χ1) is 11.7. The molecule has 2 heterocycles. The molecule has 2 unspecified atom stereocenters. The molecule has 3 rings (SSSR count). The van der Waals surface area contributed by atoms with E-state index in [2.05, 4.69) is 4.90 Å². The molecule has 2 fully saturated rings. The van der Waals surface area contributed by atoms with E-state index in [1.807, 2.05) is 43.0 Å². The smallest absolute Gasteiger partial charge is 0.263 e. The number of carbonyl (C=O) groups excluding carboxylic acids is 1. The van der Waals surface area contributed by atoms with Crippen molar-refractivity contribution in [2.75, 3.05) is 32.7 Å². The topological polar surface area (TPSA) is 32.8 Å².